The molecule has 1 atom stereocenters. The second-order valence-electron chi connectivity index (χ2n) is 4.57. The van der Waals surface area contributed by atoms with Crippen LogP contribution in [0.15, 0.2) is 0 Å². The lowest BCUT2D eigenvalue weighted by Gasteiger charge is -2.19. The number of hydrogen-bond acceptors (Lipinski definition) is 6. The number of amides is 1. The summed E-state index contributed by atoms with van der Waals surface area (Å²) >= 11 is 1.35. The number of ether oxygens (including phenoxy) is 2. The van der Waals surface area contributed by atoms with Gasteiger partial charge in [-0.2, -0.15) is 0 Å². The largest absolute Gasteiger partial charge is 0.460 e. The average Bonchev–Trinajstić information content (AvgIpc) is 2.23. The van der Waals surface area contributed by atoms with Gasteiger partial charge >= 0.3 is 12.1 Å². The first-order valence-electron chi connectivity index (χ1n) is 5.67. The molecule has 0 aromatic rings. The van der Waals surface area contributed by atoms with E-state index in [0.717, 1.165) is 0 Å². The maximum absolute atomic E-state index is 11.3. The highest BCUT2D eigenvalue weighted by Crippen LogP contribution is 2.08. The molecule has 0 saturated heterocycles. The first-order valence-corrected chi connectivity index (χ1v) is 6.96. The Kier molecular flexibility index (Phi) is 7.77. The van der Waals surface area contributed by atoms with Gasteiger partial charge in [0.1, 0.15) is 5.60 Å². The molecule has 0 fully saturated rings. The molecular formula is C11H22N2O4S. The van der Waals surface area contributed by atoms with E-state index in [2.05, 4.69) is 5.32 Å². The Balaban J connectivity index is 3.78. The van der Waals surface area contributed by atoms with E-state index >= 15 is 0 Å². The lowest BCUT2D eigenvalue weighted by atomic mass is 10.2. The molecule has 3 N–H and O–H groups in total. The summed E-state index contributed by atoms with van der Waals surface area (Å²) in [6.07, 6.45) is 1.33. The first-order chi connectivity index (χ1) is 8.28. The smallest absolute Gasteiger partial charge is 0.408 e. The van der Waals surface area contributed by atoms with E-state index in [-0.39, 0.29) is 30.9 Å². The number of carbonyl (C=O) groups excluding carboxylic acids is 2. The number of rotatable bonds is 6. The molecule has 7 heteroatoms. The molecule has 106 valence electrons. The van der Waals surface area contributed by atoms with Crippen LogP contribution in [0.5, 0.6) is 0 Å². The molecule has 0 aliphatic heterocycles. The van der Waals surface area contributed by atoms with Crippen molar-refractivity contribution in [3.05, 3.63) is 0 Å². The Morgan fingerprint density at radius 2 is 2.00 bits per heavy atom. The van der Waals surface area contributed by atoms with Crippen molar-refractivity contribution < 1.29 is 19.1 Å². The van der Waals surface area contributed by atoms with Gasteiger partial charge < -0.3 is 20.5 Å². The minimum Gasteiger partial charge on any atom is -0.460 e. The summed E-state index contributed by atoms with van der Waals surface area (Å²) < 4.78 is 10.1. The van der Waals surface area contributed by atoms with Gasteiger partial charge in [0.05, 0.1) is 6.42 Å². The van der Waals surface area contributed by atoms with Gasteiger partial charge in [-0.05, 0) is 27.0 Å². The standard InChI is InChI=1S/C11H22N2O4S/c1-11(2,3)17-8(14)5-6-13-10(15)16-9(7-12)18-4/h9H,5-7,12H2,1-4H3,(H,13,15). The lowest BCUT2D eigenvalue weighted by molar-refractivity contribution is -0.154. The second kappa shape index (κ2) is 8.20. The molecule has 0 heterocycles. The van der Waals surface area contributed by atoms with Crippen molar-refractivity contribution in [1.29, 1.82) is 0 Å². The Hall–Kier alpha value is -0.950. The van der Waals surface area contributed by atoms with Gasteiger partial charge in [-0.3, -0.25) is 4.79 Å². The van der Waals surface area contributed by atoms with Gasteiger partial charge in [-0.1, -0.05) is 0 Å². The van der Waals surface area contributed by atoms with Crippen LogP contribution in [0.2, 0.25) is 0 Å². The van der Waals surface area contributed by atoms with Crippen LogP contribution in [0, 0.1) is 0 Å². The molecule has 0 aliphatic carbocycles. The van der Waals surface area contributed by atoms with Crippen molar-refractivity contribution in [2.45, 2.75) is 38.2 Å². The minimum atomic E-state index is -0.580. The zero-order valence-corrected chi connectivity index (χ0v) is 12.1. The lowest BCUT2D eigenvalue weighted by Crippen LogP contribution is -2.33. The van der Waals surface area contributed by atoms with Crippen LogP contribution in [-0.4, -0.2) is 42.4 Å². The Labute approximate surface area is 112 Å². The molecule has 0 spiro atoms. The van der Waals surface area contributed by atoms with Gasteiger partial charge in [-0.25, -0.2) is 4.79 Å². The van der Waals surface area contributed by atoms with E-state index < -0.39 is 11.7 Å². The van der Waals surface area contributed by atoms with E-state index in [1.807, 2.05) is 0 Å². The van der Waals surface area contributed by atoms with Gasteiger partial charge in [0.15, 0.2) is 5.44 Å². The minimum absolute atomic E-state index is 0.110. The zero-order valence-electron chi connectivity index (χ0n) is 11.3. The van der Waals surface area contributed by atoms with Gasteiger partial charge in [0.2, 0.25) is 0 Å². The number of thioether (sulfide) groups is 1. The van der Waals surface area contributed by atoms with E-state index in [0.29, 0.717) is 0 Å². The van der Waals surface area contributed by atoms with Crippen LogP contribution in [-0.2, 0) is 14.3 Å². The molecule has 0 aromatic carbocycles. The van der Waals surface area contributed by atoms with Crippen LogP contribution in [0.4, 0.5) is 4.79 Å². The highest BCUT2D eigenvalue weighted by atomic mass is 32.2. The van der Waals surface area contributed by atoms with Crippen LogP contribution >= 0.6 is 11.8 Å². The molecular weight excluding hydrogens is 256 g/mol. The number of alkyl carbamates (subject to hydrolysis) is 1. The summed E-state index contributed by atoms with van der Waals surface area (Å²) in [5.74, 6) is -0.358. The van der Waals surface area contributed by atoms with E-state index in [9.17, 15) is 9.59 Å². The molecule has 6 nitrogen and oxygen atoms in total. The van der Waals surface area contributed by atoms with Crippen LogP contribution in [0.3, 0.4) is 0 Å². The van der Waals surface area contributed by atoms with Crippen molar-refractivity contribution in [3.63, 3.8) is 0 Å². The predicted octanol–water partition coefficient (Wildman–Crippen LogP) is 1.09. The zero-order chi connectivity index (χ0) is 14.2. The van der Waals surface area contributed by atoms with Crippen molar-refractivity contribution in [1.82, 2.24) is 5.32 Å². The summed E-state index contributed by atoms with van der Waals surface area (Å²) in [4.78, 5) is 22.6. The SMILES string of the molecule is CSC(CN)OC(=O)NCCC(=O)OC(C)(C)C. The normalized spacial score (nSPS) is 12.7. The van der Waals surface area contributed by atoms with Gasteiger partial charge in [-0.15, -0.1) is 11.8 Å². The molecule has 0 aromatic heterocycles. The topological polar surface area (TPSA) is 90.6 Å². The first kappa shape index (κ1) is 17.1. The van der Waals surface area contributed by atoms with E-state index in [1.54, 1.807) is 27.0 Å². The molecule has 1 amide bonds. The summed E-state index contributed by atoms with van der Waals surface area (Å²) in [6.45, 7) is 5.80. The summed E-state index contributed by atoms with van der Waals surface area (Å²) in [5.41, 5.74) is 4.50. The third-order valence-electron chi connectivity index (χ3n) is 1.71. The van der Waals surface area contributed by atoms with Crippen LogP contribution in [0.1, 0.15) is 27.2 Å². The fourth-order valence-corrected chi connectivity index (χ4v) is 1.39. The van der Waals surface area contributed by atoms with Crippen molar-refractivity contribution in [2.24, 2.45) is 5.73 Å². The van der Waals surface area contributed by atoms with Crippen molar-refractivity contribution >= 4 is 23.8 Å². The third kappa shape index (κ3) is 9.12. The average molecular weight is 278 g/mol. The highest BCUT2D eigenvalue weighted by molar-refractivity contribution is 7.99. The maximum atomic E-state index is 11.3. The maximum Gasteiger partial charge on any atom is 0.408 e. The Morgan fingerprint density at radius 3 is 2.44 bits per heavy atom. The third-order valence-corrected chi connectivity index (χ3v) is 2.53. The summed E-state index contributed by atoms with van der Waals surface area (Å²) in [7, 11) is 0. The predicted molar refractivity (Wildman–Crippen MR) is 71.3 cm³/mol. The van der Waals surface area contributed by atoms with Crippen LogP contribution in [0.25, 0.3) is 0 Å². The van der Waals surface area contributed by atoms with E-state index in [4.69, 9.17) is 15.2 Å². The highest BCUT2D eigenvalue weighted by Gasteiger charge is 2.16. The molecule has 1 unspecified atom stereocenters. The number of nitrogens with two attached hydrogens (primary N) is 1. The Bertz CT molecular complexity index is 275. The number of hydrogen-bond donors (Lipinski definition) is 2. The number of carbonyl (C=O) groups is 2. The number of nitrogens with one attached hydrogen (secondary N) is 1. The molecule has 0 rings (SSSR count). The van der Waals surface area contributed by atoms with Gasteiger partial charge in [0.25, 0.3) is 0 Å². The van der Waals surface area contributed by atoms with Crippen LogP contribution < -0.4 is 11.1 Å². The fraction of sp³-hybridized carbons (Fsp3) is 0.818. The Morgan fingerprint density at radius 1 is 1.39 bits per heavy atom. The molecule has 0 aliphatic rings. The monoisotopic (exact) mass is 278 g/mol. The second-order valence-corrected chi connectivity index (χ2v) is 5.57. The molecule has 18 heavy (non-hydrogen) atoms. The van der Waals surface area contributed by atoms with Crippen molar-refractivity contribution in [2.75, 3.05) is 19.3 Å². The molecule has 0 radical (unpaired) electrons. The van der Waals surface area contributed by atoms with E-state index in [1.165, 1.54) is 11.8 Å². The molecule has 0 saturated carbocycles. The van der Waals surface area contributed by atoms with Crippen molar-refractivity contribution in [3.8, 4) is 0 Å². The fourth-order valence-electron chi connectivity index (χ4n) is 1.01. The number of esters is 1. The summed E-state index contributed by atoms with van der Waals surface area (Å²) in [5, 5.41) is 2.47. The van der Waals surface area contributed by atoms with Gasteiger partial charge in [0, 0.05) is 13.1 Å². The summed E-state index contributed by atoms with van der Waals surface area (Å²) in [6, 6.07) is 0. The molecule has 0 bridgehead atoms. The quantitative estimate of drug-likeness (QED) is 0.558.